The van der Waals surface area contributed by atoms with Crippen molar-refractivity contribution in [3.05, 3.63) is 29.9 Å². The fourth-order valence-electron chi connectivity index (χ4n) is 2.38. The standard InChI is InChI=1S/C16H19N3OS3/c20-15(6-2-1-5-13-7-9-22-23-13)19-16-18-14(11-21-16)12-4-3-8-17-10-12/h3-4,8,10-11,13H,1-2,5-7,9H2,(H,18,19,20)/t13-/m1/s1. The highest BCUT2D eigenvalue weighted by Gasteiger charge is 2.16. The molecule has 2 aromatic heterocycles. The summed E-state index contributed by atoms with van der Waals surface area (Å²) in [6, 6.07) is 3.85. The van der Waals surface area contributed by atoms with E-state index in [1.54, 1.807) is 12.4 Å². The van der Waals surface area contributed by atoms with Gasteiger partial charge in [0.25, 0.3) is 0 Å². The number of thiazole rings is 1. The minimum atomic E-state index is 0.0607. The van der Waals surface area contributed by atoms with Crippen molar-refractivity contribution in [1.29, 1.82) is 0 Å². The van der Waals surface area contributed by atoms with Crippen LogP contribution in [0.15, 0.2) is 29.9 Å². The van der Waals surface area contributed by atoms with Crippen LogP contribution in [0.4, 0.5) is 5.13 Å². The lowest BCUT2D eigenvalue weighted by atomic mass is 10.1. The number of hydrogen-bond acceptors (Lipinski definition) is 6. The Labute approximate surface area is 148 Å². The van der Waals surface area contributed by atoms with Gasteiger partial charge in [-0.3, -0.25) is 9.78 Å². The Bertz CT molecular complexity index is 627. The molecule has 1 aliphatic rings. The number of unbranched alkanes of at least 4 members (excludes halogenated alkanes) is 1. The second-order valence-electron chi connectivity index (χ2n) is 5.40. The molecule has 3 heterocycles. The summed E-state index contributed by atoms with van der Waals surface area (Å²) in [4.78, 5) is 20.5. The third kappa shape index (κ3) is 5.22. The minimum Gasteiger partial charge on any atom is -0.302 e. The highest BCUT2D eigenvalue weighted by Crippen LogP contribution is 2.39. The molecule has 0 saturated carbocycles. The highest BCUT2D eigenvalue weighted by atomic mass is 33.1. The van der Waals surface area contributed by atoms with Gasteiger partial charge in [-0.2, -0.15) is 0 Å². The molecule has 0 aliphatic carbocycles. The first-order chi connectivity index (χ1) is 11.3. The quantitative estimate of drug-likeness (QED) is 0.561. The summed E-state index contributed by atoms with van der Waals surface area (Å²) < 4.78 is 0. The van der Waals surface area contributed by atoms with Gasteiger partial charge in [-0.05, 0) is 31.4 Å². The Hall–Kier alpha value is -1.05. The number of anilines is 1. The van der Waals surface area contributed by atoms with Gasteiger partial charge in [0, 0.05) is 40.8 Å². The molecule has 1 fully saturated rings. The summed E-state index contributed by atoms with van der Waals surface area (Å²) in [5.41, 5.74) is 1.82. The number of nitrogens with zero attached hydrogens (tertiary/aromatic N) is 2. The van der Waals surface area contributed by atoms with E-state index in [1.165, 1.54) is 29.9 Å². The Morgan fingerprint density at radius 1 is 1.39 bits per heavy atom. The molecule has 0 spiro atoms. The molecule has 1 atom stereocenters. The third-order valence-corrected chi connectivity index (χ3v) is 7.38. The van der Waals surface area contributed by atoms with Crippen molar-refractivity contribution in [3.63, 3.8) is 0 Å². The Morgan fingerprint density at radius 3 is 3.13 bits per heavy atom. The number of nitrogens with one attached hydrogen (secondary N) is 1. The summed E-state index contributed by atoms with van der Waals surface area (Å²) in [7, 11) is 3.98. The molecule has 122 valence electrons. The van der Waals surface area contributed by atoms with Gasteiger partial charge in [-0.25, -0.2) is 4.98 Å². The van der Waals surface area contributed by atoms with Crippen LogP contribution in [0.1, 0.15) is 32.1 Å². The molecule has 1 N–H and O–H groups in total. The van der Waals surface area contributed by atoms with E-state index in [4.69, 9.17) is 0 Å². The van der Waals surface area contributed by atoms with E-state index in [2.05, 4.69) is 15.3 Å². The lowest BCUT2D eigenvalue weighted by Gasteiger charge is -2.06. The van der Waals surface area contributed by atoms with Crippen LogP contribution in [-0.2, 0) is 4.79 Å². The smallest absolute Gasteiger partial charge is 0.226 e. The number of rotatable bonds is 7. The molecule has 0 radical (unpaired) electrons. The van der Waals surface area contributed by atoms with Crippen LogP contribution in [0.3, 0.4) is 0 Å². The summed E-state index contributed by atoms with van der Waals surface area (Å²) >= 11 is 1.46. The molecule has 1 amide bonds. The number of hydrogen-bond donors (Lipinski definition) is 1. The van der Waals surface area contributed by atoms with E-state index < -0.39 is 0 Å². The molecule has 1 saturated heterocycles. The number of amides is 1. The van der Waals surface area contributed by atoms with Gasteiger partial charge in [0.2, 0.25) is 5.91 Å². The van der Waals surface area contributed by atoms with E-state index >= 15 is 0 Å². The maximum Gasteiger partial charge on any atom is 0.226 e. The number of carbonyl (C=O) groups is 1. The van der Waals surface area contributed by atoms with Gasteiger partial charge in [0.05, 0.1) is 5.69 Å². The first-order valence-electron chi connectivity index (χ1n) is 7.75. The molecule has 2 aromatic rings. The highest BCUT2D eigenvalue weighted by molar-refractivity contribution is 8.77. The van der Waals surface area contributed by atoms with E-state index in [9.17, 15) is 4.79 Å². The second kappa shape index (κ2) is 8.70. The third-order valence-electron chi connectivity index (χ3n) is 3.62. The largest absolute Gasteiger partial charge is 0.302 e. The van der Waals surface area contributed by atoms with Crippen molar-refractivity contribution in [3.8, 4) is 11.3 Å². The normalized spacial score (nSPS) is 17.3. The average Bonchev–Trinajstić information content (AvgIpc) is 3.24. The van der Waals surface area contributed by atoms with Crippen LogP contribution in [-0.4, -0.2) is 26.9 Å². The van der Waals surface area contributed by atoms with Gasteiger partial charge in [0.15, 0.2) is 5.13 Å². The molecule has 0 unspecified atom stereocenters. The fourth-order valence-corrected chi connectivity index (χ4v) is 6.15. The van der Waals surface area contributed by atoms with Crippen molar-refractivity contribution in [2.75, 3.05) is 11.1 Å². The SMILES string of the molecule is O=C(CCCC[C@@H]1CCSS1)Nc1nc(-c2cccnc2)cs1. The second-order valence-corrected chi connectivity index (χ2v) is 9.05. The minimum absolute atomic E-state index is 0.0607. The molecular formula is C16H19N3OS3. The van der Waals surface area contributed by atoms with Crippen molar-refractivity contribution in [2.24, 2.45) is 0 Å². The predicted octanol–water partition coefficient (Wildman–Crippen LogP) is 4.86. The molecule has 4 nitrogen and oxygen atoms in total. The summed E-state index contributed by atoms with van der Waals surface area (Å²) in [5, 5.41) is 6.30. The summed E-state index contributed by atoms with van der Waals surface area (Å²) in [6.07, 6.45) is 8.72. The average molecular weight is 366 g/mol. The zero-order chi connectivity index (χ0) is 15.9. The first kappa shape index (κ1) is 16.8. The van der Waals surface area contributed by atoms with Gasteiger partial charge in [-0.1, -0.05) is 28.0 Å². The molecule has 0 bridgehead atoms. The Kier molecular flexibility index (Phi) is 6.36. The zero-order valence-electron chi connectivity index (χ0n) is 12.7. The number of aromatic nitrogens is 2. The van der Waals surface area contributed by atoms with E-state index in [1.807, 2.05) is 39.1 Å². The predicted molar refractivity (Wildman–Crippen MR) is 101 cm³/mol. The van der Waals surface area contributed by atoms with E-state index in [0.717, 1.165) is 29.3 Å². The molecule has 3 rings (SSSR count). The maximum absolute atomic E-state index is 12.0. The van der Waals surface area contributed by atoms with Gasteiger partial charge in [0.1, 0.15) is 0 Å². The van der Waals surface area contributed by atoms with Crippen LogP contribution in [0, 0.1) is 0 Å². The monoisotopic (exact) mass is 365 g/mol. The number of carbonyl (C=O) groups excluding carboxylic acids is 1. The maximum atomic E-state index is 12.0. The van der Waals surface area contributed by atoms with E-state index in [0.29, 0.717) is 11.6 Å². The lowest BCUT2D eigenvalue weighted by molar-refractivity contribution is -0.116. The summed E-state index contributed by atoms with van der Waals surface area (Å²) in [5.74, 6) is 1.34. The molecule has 1 aliphatic heterocycles. The molecule has 0 aromatic carbocycles. The number of pyridine rings is 1. The van der Waals surface area contributed by atoms with Crippen LogP contribution in [0.25, 0.3) is 11.3 Å². The Morgan fingerprint density at radius 2 is 2.35 bits per heavy atom. The van der Waals surface area contributed by atoms with Gasteiger partial charge < -0.3 is 5.32 Å². The van der Waals surface area contributed by atoms with Crippen LogP contribution < -0.4 is 5.32 Å². The Balaban J connectivity index is 1.40. The van der Waals surface area contributed by atoms with Crippen LogP contribution >= 0.6 is 32.9 Å². The summed E-state index contributed by atoms with van der Waals surface area (Å²) in [6.45, 7) is 0. The van der Waals surface area contributed by atoms with Crippen molar-refractivity contribution in [2.45, 2.75) is 37.4 Å². The van der Waals surface area contributed by atoms with Crippen molar-refractivity contribution >= 4 is 44.0 Å². The van der Waals surface area contributed by atoms with Crippen molar-refractivity contribution in [1.82, 2.24) is 9.97 Å². The van der Waals surface area contributed by atoms with Crippen LogP contribution in [0.2, 0.25) is 0 Å². The van der Waals surface area contributed by atoms with Gasteiger partial charge >= 0.3 is 0 Å². The first-order valence-corrected chi connectivity index (χ1v) is 11.0. The van der Waals surface area contributed by atoms with Crippen molar-refractivity contribution < 1.29 is 4.79 Å². The van der Waals surface area contributed by atoms with E-state index in [-0.39, 0.29) is 5.91 Å². The fraction of sp³-hybridized carbons (Fsp3) is 0.438. The molecular weight excluding hydrogens is 346 g/mol. The lowest BCUT2D eigenvalue weighted by Crippen LogP contribution is -2.11. The van der Waals surface area contributed by atoms with Gasteiger partial charge in [-0.15, -0.1) is 11.3 Å². The topological polar surface area (TPSA) is 54.9 Å². The van der Waals surface area contributed by atoms with Crippen LogP contribution in [0.5, 0.6) is 0 Å². The molecule has 7 heteroatoms. The zero-order valence-corrected chi connectivity index (χ0v) is 15.2. The molecule has 23 heavy (non-hydrogen) atoms.